The van der Waals surface area contributed by atoms with Gasteiger partial charge in [-0.25, -0.2) is 0 Å². The van der Waals surface area contributed by atoms with E-state index in [1.165, 1.54) is 0 Å². The fraction of sp³-hybridized carbons (Fsp3) is 0.467. The largest absolute Gasteiger partial charge is 0.463 e. The number of hydrogen-bond donors (Lipinski definition) is 2. The van der Waals surface area contributed by atoms with Crippen LogP contribution in [-0.4, -0.2) is 55.0 Å². The van der Waals surface area contributed by atoms with Crippen LogP contribution in [0.1, 0.15) is 16.9 Å². The van der Waals surface area contributed by atoms with E-state index in [0.717, 1.165) is 18.5 Å². The molecule has 0 radical (unpaired) electrons. The summed E-state index contributed by atoms with van der Waals surface area (Å²) in [5.74, 6) is -0.484. The number of aromatic nitrogens is 1. The van der Waals surface area contributed by atoms with Gasteiger partial charge in [-0.15, -0.1) is 0 Å². The first kappa shape index (κ1) is 16.1. The molecule has 2 aromatic heterocycles. The fourth-order valence-electron chi connectivity index (χ4n) is 2.20. The van der Waals surface area contributed by atoms with Crippen LogP contribution in [-0.2, 0) is 11.8 Å². The summed E-state index contributed by atoms with van der Waals surface area (Å²) in [7, 11) is 5.75. The minimum absolute atomic E-state index is 0.0344. The lowest BCUT2D eigenvalue weighted by Crippen LogP contribution is -2.38. The van der Waals surface area contributed by atoms with Crippen molar-refractivity contribution in [2.24, 2.45) is 7.05 Å². The molecule has 0 aromatic carbocycles. The second-order valence-corrected chi connectivity index (χ2v) is 5.45. The monoisotopic (exact) mass is 306 g/mol. The summed E-state index contributed by atoms with van der Waals surface area (Å²) < 4.78 is 7.00. The van der Waals surface area contributed by atoms with Crippen molar-refractivity contribution < 1.29 is 14.0 Å². The number of carbonyl (C=O) groups excluding carboxylic acids is 2. The lowest BCUT2D eigenvalue weighted by atomic mass is 10.3. The molecule has 7 nitrogen and oxygen atoms in total. The molecule has 2 aromatic rings. The van der Waals surface area contributed by atoms with E-state index in [1.54, 1.807) is 30.0 Å². The van der Waals surface area contributed by atoms with Crippen LogP contribution in [0.2, 0.25) is 0 Å². The van der Waals surface area contributed by atoms with Crippen LogP contribution in [0.25, 0.3) is 11.1 Å². The molecule has 0 aliphatic carbocycles. The van der Waals surface area contributed by atoms with Gasteiger partial charge in [0.25, 0.3) is 5.91 Å². The number of hydrogen-bond acceptors (Lipinski definition) is 4. The smallest absolute Gasteiger partial charge is 0.268 e. The molecule has 0 saturated carbocycles. The van der Waals surface area contributed by atoms with Gasteiger partial charge >= 0.3 is 0 Å². The van der Waals surface area contributed by atoms with E-state index >= 15 is 0 Å². The van der Waals surface area contributed by atoms with E-state index in [4.69, 9.17) is 4.42 Å². The number of amides is 2. The maximum absolute atomic E-state index is 12.1. The predicted molar refractivity (Wildman–Crippen MR) is 83.7 cm³/mol. The number of aryl methyl sites for hydroxylation is 1. The first-order chi connectivity index (χ1) is 10.5. The van der Waals surface area contributed by atoms with E-state index < -0.39 is 0 Å². The Morgan fingerprint density at radius 2 is 2.09 bits per heavy atom. The normalized spacial score (nSPS) is 11.1. The predicted octanol–water partition coefficient (Wildman–Crippen LogP) is 0.569. The fourth-order valence-corrected chi connectivity index (χ4v) is 2.20. The molecule has 0 atom stereocenters. The number of fused-ring (bicyclic) bond motifs is 1. The molecule has 0 saturated heterocycles. The van der Waals surface area contributed by atoms with Gasteiger partial charge in [0.15, 0.2) is 5.58 Å². The Morgan fingerprint density at radius 3 is 2.77 bits per heavy atom. The lowest BCUT2D eigenvalue weighted by molar-refractivity contribution is -0.120. The number of rotatable bonds is 7. The number of nitrogens with zero attached hydrogens (tertiary/aromatic N) is 2. The van der Waals surface area contributed by atoms with E-state index in [2.05, 4.69) is 15.5 Å². The van der Waals surface area contributed by atoms with Gasteiger partial charge in [-0.3, -0.25) is 9.59 Å². The first-order valence-electron chi connectivity index (χ1n) is 7.21. The first-order valence-corrected chi connectivity index (χ1v) is 7.21. The minimum Gasteiger partial charge on any atom is -0.463 e. The zero-order valence-electron chi connectivity index (χ0n) is 13.2. The van der Waals surface area contributed by atoms with Crippen LogP contribution in [0.15, 0.2) is 22.8 Å². The summed E-state index contributed by atoms with van der Waals surface area (Å²) in [5, 5.41) is 5.39. The summed E-state index contributed by atoms with van der Waals surface area (Å²) in [6, 6.07) is 3.46. The minimum atomic E-state index is -0.294. The molecule has 7 heteroatoms. The van der Waals surface area contributed by atoms with Gasteiger partial charge in [0.1, 0.15) is 5.69 Å². The highest BCUT2D eigenvalue weighted by Gasteiger charge is 2.15. The molecule has 0 aliphatic heterocycles. The van der Waals surface area contributed by atoms with Gasteiger partial charge in [-0.1, -0.05) is 0 Å². The van der Waals surface area contributed by atoms with Crippen molar-refractivity contribution in [1.82, 2.24) is 20.1 Å². The number of carbonyl (C=O) groups is 2. The van der Waals surface area contributed by atoms with Crippen molar-refractivity contribution in [3.8, 4) is 0 Å². The molecule has 2 amide bonds. The van der Waals surface area contributed by atoms with E-state index in [9.17, 15) is 9.59 Å². The van der Waals surface area contributed by atoms with Crippen molar-refractivity contribution in [2.75, 3.05) is 33.7 Å². The topological polar surface area (TPSA) is 79.5 Å². The van der Waals surface area contributed by atoms with Gasteiger partial charge in [0.2, 0.25) is 5.91 Å². The van der Waals surface area contributed by atoms with Crippen molar-refractivity contribution in [3.05, 3.63) is 24.1 Å². The molecule has 0 spiro atoms. The standard InChI is InChI=1S/C15H22N4O3/c1-18(2)7-4-6-16-14(20)10-17-15(21)12-9-13-11(19(12)3)5-8-22-13/h5,8-9H,4,6-7,10H2,1-3H3,(H,16,20)(H,17,21). The van der Waals surface area contributed by atoms with E-state index in [0.29, 0.717) is 17.8 Å². The molecule has 0 aliphatic rings. The Kier molecular flexibility index (Phi) is 5.21. The molecule has 0 bridgehead atoms. The molecule has 2 N–H and O–H groups in total. The Hall–Kier alpha value is -2.28. The average Bonchev–Trinajstić information content (AvgIpc) is 3.04. The lowest BCUT2D eigenvalue weighted by Gasteiger charge is -2.10. The summed E-state index contributed by atoms with van der Waals surface area (Å²) in [5.41, 5.74) is 1.97. The summed E-state index contributed by atoms with van der Waals surface area (Å²) in [6.45, 7) is 1.48. The Morgan fingerprint density at radius 1 is 1.32 bits per heavy atom. The third-order valence-electron chi connectivity index (χ3n) is 3.41. The quantitative estimate of drug-likeness (QED) is 0.733. The third kappa shape index (κ3) is 3.88. The highest BCUT2D eigenvalue weighted by atomic mass is 16.3. The van der Waals surface area contributed by atoms with Gasteiger partial charge in [0, 0.05) is 25.7 Å². The van der Waals surface area contributed by atoms with Crippen LogP contribution in [0.4, 0.5) is 0 Å². The van der Waals surface area contributed by atoms with E-state index in [1.807, 2.05) is 14.1 Å². The SMILES string of the molecule is CN(C)CCCNC(=O)CNC(=O)c1cc2occc2n1C. The van der Waals surface area contributed by atoms with Crippen molar-refractivity contribution >= 4 is 22.9 Å². The zero-order chi connectivity index (χ0) is 16.1. The zero-order valence-corrected chi connectivity index (χ0v) is 13.2. The van der Waals surface area contributed by atoms with Crippen LogP contribution in [0.3, 0.4) is 0 Å². The van der Waals surface area contributed by atoms with Gasteiger partial charge < -0.3 is 24.5 Å². The molecular weight excluding hydrogens is 284 g/mol. The third-order valence-corrected chi connectivity index (χ3v) is 3.41. The number of nitrogens with one attached hydrogen (secondary N) is 2. The van der Waals surface area contributed by atoms with Crippen molar-refractivity contribution in [2.45, 2.75) is 6.42 Å². The van der Waals surface area contributed by atoms with Crippen molar-refractivity contribution in [1.29, 1.82) is 0 Å². The number of furan rings is 1. The summed E-state index contributed by atoms with van der Waals surface area (Å²) in [4.78, 5) is 25.8. The van der Waals surface area contributed by atoms with Gasteiger partial charge in [0.05, 0.1) is 18.3 Å². The average molecular weight is 306 g/mol. The molecule has 2 rings (SSSR count). The molecule has 0 unspecified atom stereocenters. The Balaban J connectivity index is 1.78. The molecule has 120 valence electrons. The van der Waals surface area contributed by atoms with Crippen LogP contribution in [0.5, 0.6) is 0 Å². The van der Waals surface area contributed by atoms with E-state index in [-0.39, 0.29) is 18.4 Å². The second kappa shape index (κ2) is 7.13. The Bertz CT molecular complexity index is 657. The molecular formula is C15H22N4O3. The Labute approximate surface area is 129 Å². The molecule has 2 heterocycles. The highest BCUT2D eigenvalue weighted by molar-refractivity contribution is 5.99. The van der Waals surface area contributed by atoms with Crippen LogP contribution < -0.4 is 10.6 Å². The van der Waals surface area contributed by atoms with Crippen molar-refractivity contribution in [3.63, 3.8) is 0 Å². The van der Waals surface area contributed by atoms with Crippen LogP contribution >= 0.6 is 0 Å². The maximum atomic E-state index is 12.1. The molecule has 22 heavy (non-hydrogen) atoms. The highest BCUT2D eigenvalue weighted by Crippen LogP contribution is 2.19. The van der Waals surface area contributed by atoms with Crippen LogP contribution in [0, 0.1) is 0 Å². The maximum Gasteiger partial charge on any atom is 0.268 e. The summed E-state index contributed by atoms with van der Waals surface area (Å²) >= 11 is 0. The van der Waals surface area contributed by atoms with Gasteiger partial charge in [-0.2, -0.15) is 0 Å². The summed E-state index contributed by atoms with van der Waals surface area (Å²) in [6.07, 6.45) is 2.45. The second-order valence-electron chi connectivity index (χ2n) is 5.45. The van der Waals surface area contributed by atoms with Gasteiger partial charge in [-0.05, 0) is 27.1 Å². The molecule has 0 fully saturated rings.